The quantitative estimate of drug-likeness (QED) is 0.710. The van der Waals surface area contributed by atoms with Crippen LogP contribution in [0.1, 0.15) is 25.3 Å². The molecule has 0 aromatic heterocycles. The van der Waals surface area contributed by atoms with E-state index < -0.39 is 0 Å². The first-order valence-electron chi connectivity index (χ1n) is 6.49. The third-order valence-corrected chi connectivity index (χ3v) is 3.19. The highest BCUT2D eigenvalue weighted by Crippen LogP contribution is 2.20. The van der Waals surface area contributed by atoms with Gasteiger partial charge in [0, 0.05) is 30.4 Å². The second-order valence-electron chi connectivity index (χ2n) is 4.43. The fourth-order valence-corrected chi connectivity index (χ4v) is 2.01. The molecule has 0 atom stereocenters. The molecule has 1 heteroatoms. The van der Waals surface area contributed by atoms with Crippen molar-refractivity contribution in [3.8, 4) is 11.8 Å². The molecule has 0 heterocycles. The van der Waals surface area contributed by atoms with Crippen LogP contribution in [0.3, 0.4) is 0 Å². The molecular weight excluding hydrogens is 218 g/mol. The van der Waals surface area contributed by atoms with E-state index in [1.54, 1.807) is 0 Å². The van der Waals surface area contributed by atoms with Crippen LogP contribution in [-0.4, -0.2) is 18.5 Å². The normalized spacial score (nSPS) is 14.1. The molecule has 1 aliphatic rings. The van der Waals surface area contributed by atoms with Crippen molar-refractivity contribution in [1.82, 2.24) is 4.90 Å². The molecular formula is C17H19N. The highest BCUT2D eigenvalue weighted by Gasteiger charge is 2.09. The zero-order chi connectivity index (χ0) is 12.8. The molecule has 0 bridgehead atoms. The van der Waals surface area contributed by atoms with Crippen molar-refractivity contribution in [3.05, 3.63) is 59.3 Å². The van der Waals surface area contributed by atoms with Crippen LogP contribution >= 0.6 is 0 Å². The maximum absolute atomic E-state index is 3.30. The molecule has 0 unspecified atom stereocenters. The summed E-state index contributed by atoms with van der Waals surface area (Å²) in [6.07, 6.45) is 6.58. The summed E-state index contributed by atoms with van der Waals surface area (Å²) in [5, 5.41) is 0. The van der Waals surface area contributed by atoms with Gasteiger partial charge in [0.2, 0.25) is 0 Å². The summed E-state index contributed by atoms with van der Waals surface area (Å²) < 4.78 is 0. The Labute approximate surface area is 110 Å². The first-order valence-corrected chi connectivity index (χ1v) is 6.49. The van der Waals surface area contributed by atoms with Crippen LogP contribution in [0, 0.1) is 11.8 Å². The number of rotatable bonds is 2. The molecule has 18 heavy (non-hydrogen) atoms. The molecule has 0 radical (unpaired) electrons. The number of allylic oxidation sites excluding steroid dienone is 4. The molecule has 0 spiro atoms. The van der Waals surface area contributed by atoms with Crippen LogP contribution in [-0.2, 0) is 0 Å². The Morgan fingerprint density at radius 3 is 2.67 bits per heavy atom. The molecule has 1 aromatic carbocycles. The maximum Gasteiger partial charge on any atom is 0.0437 e. The van der Waals surface area contributed by atoms with Crippen LogP contribution in [0.4, 0.5) is 0 Å². The van der Waals surface area contributed by atoms with Gasteiger partial charge in [-0.15, -0.1) is 0 Å². The van der Waals surface area contributed by atoms with Crippen molar-refractivity contribution < 1.29 is 0 Å². The molecule has 1 nitrogen and oxygen atoms in total. The van der Waals surface area contributed by atoms with E-state index in [4.69, 9.17) is 0 Å². The summed E-state index contributed by atoms with van der Waals surface area (Å²) in [5.41, 5.74) is 3.60. The van der Waals surface area contributed by atoms with Crippen molar-refractivity contribution in [3.63, 3.8) is 0 Å². The predicted molar refractivity (Wildman–Crippen MR) is 77.0 cm³/mol. The minimum atomic E-state index is 1.03. The molecule has 0 saturated heterocycles. The lowest BCUT2D eigenvalue weighted by Crippen LogP contribution is -2.19. The minimum absolute atomic E-state index is 1.03. The predicted octanol–water partition coefficient (Wildman–Crippen LogP) is 3.59. The lowest BCUT2D eigenvalue weighted by Gasteiger charge is -2.23. The van der Waals surface area contributed by atoms with E-state index in [0.29, 0.717) is 0 Å². The van der Waals surface area contributed by atoms with Crippen LogP contribution in [0.5, 0.6) is 0 Å². The fourth-order valence-electron chi connectivity index (χ4n) is 2.01. The van der Waals surface area contributed by atoms with Crippen molar-refractivity contribution in [2.75, 3.05) is 13.6 Å². The third-order valence-electron chi connectivity index (χ3n) is 3.19. The molecule has 0 amide bonds. The Balaban J connectivity index is 2.28. The molecule has 0 saturated carbocycles. The SMILES string of the molecule is CCN(C)C1=C(C#Cc2ccccc2)C=CCC1. The summed E-state index contributed by atoms with van der Waals surface area (Å²) in [6, 6.07) is 10.1. The van der Waals surface area contributed by atoms with E-state index in [1.807, 2.05) is 30.3 Å². The summed E-state index contributed by atoms with van der Waals surface area (Å²) in [5.74, 6) is 6.54. The van der Waals surface area contributed by atoms with E-state index in [9.17, 15) is 0 Å². The fraction of sp³-hybridized carbons (Fsp3) is 0.294. The van der Waals surface area contributed by atoms with Gasteiger partial charge in [0.25, 0.3) is 0 Å². The average molecular weight is 237 g/mol. The highest BCUT2D eigenvalue weighted by atomic mass is 15.1. The molecule has 0 aliphatic heterocycles. The van der Waals surface area contributed by atoms with E-state index in [2.05, 4.69) is 42.9 Å². The Kier molecular flexibility index (Phi) is 4.25. The lowest BCUT2D eigenvalue weighted by molar-refractivity contribution is 0.420. The Morgan fingerprint density at radius 2 is 1.94 bits per heavy atom. The van der Waals surface area contributed by atoms with Gasteiger partial charge in [-0.1, -0.05) is 36.1 Å². The lowest BCUT2D eigenvalue weighted by atomic mass is 10.0. The molecule has 1 aromatic rings. The molecule has 0 fully saturated rings. The average Bonchev–Trinajstić information content (AvgIpc) is 2.45. The Hall–Kier alpha value is -1.94. The summed E-state index contributed by atoms with van der Waals surface area (Å²) >= 11 is 0. The van der Waals surface area contributed by atoms with Gasteiger partial charge in [-0.05, 0) is 38.0 Å². The van der Waals surface area contributed by atoms with Crippen LogP contribution in [0.15, 0.2) is 53.8 Å². The third kappa shape index (κ3) is 3.05. The van der Waals surface area contributed by atoms with Gasteiger partial charge >= 0.3 is 0 Å². The number of benzene rings is 1. The van der Waals surface area contributed by atoms with E-state index in [-0.39, 0.29) is 0 Å². The Morgan fingerprint density at radius 1 is 1.17 bits per heavy atom. The van der Waals surface area contributed by atoms with Gasteiger partial charge in [0.1, 0.15) is 0 Å². The minimum Gasteiger partial charge on any atom is -0.377 e. The van der Waals surface area contributed by atoms with E-state index >= 15 is 0 Å². The van der Waals surface area contributed by atoms with Crippen molar-refractivity contribution in [2.45, 2.75) is 19.8 Å². The largest absolute Gasteiger partial charge is 0.377 e. The van der Waals surface area contributed by atoms with Crippen molar-refractivity contribution in [2.24, 2.45) is 0 Å². The van der Waals surface area contributed by atoms with Gasteiger partial charge in [0.15, 0.2) is 0 Å². The summed E-state index contributed by atoms with van der Waals surface area (Å²) in [4.78, 5) is 2.29. The van der Waals surface area contributed by atoms with Crippen LogP contribution in [0.25, 0.3) is 0 Å². The van der Waals surface area contributed by atoms with Crippen molar-refractivity contribution in [1.29, 1.82) is 0 Å². The van der Waals surface area contributed by atoms with Gasteiger partial charge in [-0.25, -0.2) is 0 Å². The smallest absolute Gasteiger partial charge is 0.0437 e. The van der Waals surface area contributed by atoms with E-state index in [1.165, 1.54) is 5.70 Å². The number of hydrogen-bond acceptors (Lipinski definition) is 1. The van der Waals surface area contributed by atoms with Gasteiger partial charge in [-0.2, -0.15) is 0 Å². The monoisotopic (exact) mass is 237 g/mol. The second kappa shape index (κ2) is 6.12. The number of nitrogens with zero attached hydrogens (tertiary/aromatic N) is 1. The highest BCUT2D eigenvalue weighted by molar-refractivity contribution is 5.48. The molecule has 92 valence electrons. The zero-order valence-corrected chi connectivity index (χ0v) is 11.1. The number of hydrogen-bond donors (Lipinski definition) is 0. The topological polar surface area (TPSA) is 3.24 Å². The van der Waals surface area contributed by atoms with E-state index in [0.717, 1.165) is 30.5 Å². The summed E-state index contributed by atoms with van der Waals surface area (Å²) in [6.45, 7) is 3.20. The van der Waals surface area contributed by atoms with Gasteiger partial charge in [-0.3, -0.25) is 0 Å². The summed E-state index contributed by atoms with van der Waals surface area (Å²) in [7, 11) is 2.14. The van der Waals surface area contributed by atoms with Crippen molar-refractivity contribution >= 4 is 0 Å². The molecule has 1 aliphatic carbocycles. The Bertz CT molecular complexity index is 512. The first kappa shape index (κ1) is 12.5. The zero-order valence-electron chi connectivity index (χ0n) is 11.1. The van der Waals surface area contributed by atoms with Gasteiger partial charge < -0.3 is 4.90 Å². The van der Waals surface area contributed by atoms with Crippen LogP contribution < -0.4 is 0 Å². The standard InChI is InChI=1S/C17H19N/c1-3-18(2)17-12-8-7-11-16(17)14-13-15-9-5-4-6-10-15/h4-7,9-11H,3,8,12H2,1-2H3. The first-order chi connectivity index (χ1) is 8.81. The maximum atomic E-state index is 3.30. The molecule has 0 N–H and O–H groups in total. The van der Waals surface area contributed by atoms with Crippen LogP contribution in [0.2, 0.25) is 0 Å². The second-order valence-corrected chi connectivity index (χ2v) is 4.43. The molecule has 2 rings (SSSR count). The van der Waals surface area contributed by atoms with Gasteiger partial charge in [0.05, 0.1) is 0 Å².